The van der Waals surface area contributed by atoms with Gasteiger partial charge in [0.05, 0.1) is 6.54 Å². The van der Waals surface area contributed by atoms with Crippen LogP contribution in [-0.2, 0) is 13.6 Å². The predicted octanol–water partition coefficient (Wildman–Crippen LogP) is 2.78. The van der Waals surface area contributed by atoms with E-state index in [2.05, 4.69) is 21.2 Å². The van der Waals surface area contributed by atoms with Gasteiger partial charge in [0.1, 0.15) is 4.88 Å². The molecule has 0 radical (unpaired) electrons. The molecule has 0 aliphatic rings. The molecule has 0 unspecified atom stereocenters. The second-order valence-electron chi connectivity index (χ2n) is 3.39. The first-order valence-corrected chi connectivity index (χ1v) is 6.47. The van der Waals surface area contributed by atoms with Gasteiger partial charge in [0, 0.05) is 23.4 Å². The summed E-state index contributed by atoms with van der Waals surface area (Å²) in [5, 5.41) is 4.78. The van der Waals surface area contributed by atoms with Crippen LogP contribution in [0.15, 0.2) is 34.2 Å². The van der Waals surface area contributed by atoms with Crippen LogP contribution >= 0.6 is 27.3 Å². The molecule has 0 saturated heterocycles. The molecule has 1 amide bonds. The summed E-state index contributed by atoms with van der Waals surface area (Å²) in [5.41, 5.74) is 1.08. The second-order valence-corrected chi connectivity index (χ2v) is 5.16. The number of carbonyl (C=O) groups excluding carboxylic acids is 1. The lowest BCUT2D eigenvalue weighted by Crippen LogP contribution is -2.23. The fourth-order valence-corrected chi connectivity index (χ4v) is 2.85. The number of hydrogen-bond donors (Lipinski definition) is 1. The van der Waals surface area contributed by atoms with Crippen molar-refractivity contribution in [2.75, 3.05) is 0 Å². The third kappa shape index (κ3) is 2.36. The Morgan fingerprint density at radius 2 is 2.38 bits per heavy atom. The fourth-order valence-electron chi connectivity index (χ4n) is 1.39. The summed E-state index contributed by atoms with van der Waals surface area (Å²) in [6, 6.07) is 5.83. The minimum absolute atomic E-state index is 0.0388. The quantitative estimate of drug-likeness (QED) is 0.929. The van der Waals surface area contributed by atoms with Crippen molar-refractivity contribution in [3.63, 3.8) is 0 Å². The Kier molecular flexibility index (Phi) is 3.46. The third-order valence-electron chi connectivity index (χ3n) is 2.30. The maximum absolute atomic E-state index is 11.8. The molecule has 16 heavy (non-hydrogen) atoms. The number of aryl methyl sites for hydroxylation is 1. The minimum atomic E-state index is -0.0388. The van der Waals surface area contributed by atoms with Crippen molar-refractivity contribution in [1.82, 2.24) is 9.88 Å². The van der Waals surface area contributed by atoms with Crippen LogP contribution in [0.4, 0.5) is 0 Å². The van der Waals surface area contributed by atoms with E-state index in [0.717, 1.165) is 10.2 Å². The molecule has 84 valence electrons. The Morgan fingerprint density at radius 1 is 1.56 bits per heavy atom. The zero-order valence-electron chi connectivity index (χ0n) is 8.74. The van der Waals surface area contributed by atoms with Crippen LogP contribution in [0, 0.1) is 0 Å². The Morgan fingerprint density at radius 3 is 2.94 bits per heavy atom. The maximum Gasteiger partial charge on any atom is 0.262 e. The van der Waals surface area contributed by atoms with E-state index in [0.29, 0.717) is 11.4 Å². The maximum atomic E-state index is 11.8. The highest BCUT2D eigenvalue weighted by molar-refractivity contribution is 9.10. The van der Waals surface area contributed by atoms with Gasteiger partial charge in [-0.05, 0) is 39.5 Å². The molecular formula is C11H11BrN2OS. The summed E-state index contributed by atoms with van der Waals surface area (Å²) >= 11 is 4.78. The average Bonchev–Trinajstić information content (AvgIpc) is 2.84. The zero-order chi connectivity index (χ0) is 11.5. The number of carbonyl (C=O) groups is 1. The average molecular weight is 299 g/mol. The highest BCUT2D eigenvalue weighted by Gasteiger charge is 2.11. The van der Waals surface area contributed by atoms with Crippen molar-refractivity contribution >= 4 is 33.2 Å². The molecule has 2 heterocycles. The van der Waals surface area contributed by atoms with Crippen molar-refractivity contribution in [2.45, 2.75) is 6.54 Å². The molecule has 3 nitrogen and oxygen atoms in total. The first kappa shape index (κ1) is 11.4. The van der Waals surface area contributed by atoms with Gasteiger partial charge in [-0.3, -0.25) is 4.79 Å². The van der Waals surface area contributed by atoms with Gasteiger partial charge in [-0.25, -0.2) is 0 Å². The monoisotopic (exact) mass is 298 g/mol. The van der Waals surface area contributed by atoms with Crippen LogP contribution in [0.2, 0.25) is 0 Å². The van der Waals surface area contributed by atoms with Gasteiger partial charge in [0.2, 0.25) is 0 Å². The standard InChI is InChI=1S/C11H11BrN2OS/c1-14-5-2-3-8(14)7-13-11(15)10-9(12)4-6-16-10/h2-6H,7H2,1H3,(H,13,15). The van der Waals surface area contributed by atoms with Crippen LogP contribution in [-0.4, -0.2) is 10.5 Å². The molecule has 0 fully saturated rings. The summed E-state index contributed by atoms with van der Waals surface area (Å²) in [5.74, 6) is -0.0388. The molecule has 0 aliphatic heterocycles. The number of rotatable bonds is 3. The topological polar surface area (TPSA) is 34.0 Å². The Bertz CT molecular complexity index is 504. The number of amides is 1. The van der Waals surface area contributed by atoms with Crippen LogP contribution in [0.5, 0.6) is 0 Å². The van der Waals surface area contributed by atoms with E-state index in [1.165, 1.54) is 11.3 Å². The lowest BCUT2D eigenvalue weighted by Gasteiger charge is -2.05. The molecule has 0 atom stereocenters. The Labute approximate surface area is 106 Å². The van der Waals surface area contributed by atoms with Crippen LogP contribution in [0.1, 0.15) is 15.4 Å². The summed E-state index contributed by atoms with van der Waals surface area (Å²) in [7, 11) is 1.96. The summed E-state index contributed by atoms with van der Waals surface area (Å²) in [4.78, 5) is 12.5. The smallest absolute Gasteiger partial charge is 0.262 e. The molecule has 1 N–H and O–H groups in total. The highest BCUT2D eigenvalue weighted by atomic mass is 79.9. The number of nitrogens with zero attached hydrogens (tertiary/aromatic N) is 1. The first-order chi connectivity index (χ1) is 7.68. The van der Waals surface area contributed by atoms with Crippen LogP contribution in [0.25, 0.3) is 0 Å². The van der Waals surface area contributed by atoms with Gasteiger partial charge in [-0.1, -0.05) is 0 Å². The van der Waals surface area contributed by atoms with Gasteiger partial charge in [0.15, 0.2) is 0 Å². The lowest BCUT2D eigenvalue weighted by atomic mass is 10.4. The SMILES string of the molecule is Cn1cccc1CNC(=O)c1sccc1Br. The number of thiophene rings is 1. The zero-order valence-corrected chi connectivity index (χ0v) is 11.1. The largest absolute Gasteiger partial charge is 0.353 e. The van der Waals surface area contributed by atoms with Gasteiger partial charge in [-0.2, -0.15) is 0 Å². The minimum Gasteiger partial charge on any atom is -0.353 e. The summed E-state index contributed by atoms with van der Waals surface area (Å²) in [6.07, 6.45) is 1.96. The van der Waals surface area contributed by atoms with Crippen molar-refractivity contribution in [1.29, 1.82) is 0 Å². The van der Waals surface area contributed by atoms with E-state index in [9.17, 15) is 4.79 Å². The second kappa shape index (κ2) is 4.84. The van der Waals surface area contributed by atoms with E-state index in [1.54, 1.807) is 0 Å². The number of aromatic nitrogens is 1. The molecular weight excluding hydrogens is 288 g/mol. The summed E-state index contributed by atoms with van der Waals surface area (Å²) in [6.45, 7) is 0.548. The van der Waals surface area contributed by atoms with E-state index in [1.807, 2.05) is 41.4 Å². The van der Waals surface area contributed by atoms with Crippen molar-refractivity contribution in [2.24, 2.45) is 7.05 Å². The molecule has 0 spiro atoms. The van der Waals surface area contributed by atoms with E-state index < -0.39 is 0 Å². The van der Waals surface area contributed by atoms with E-state index in [4.69, 9.17) is 0 Å². The third-order valence-corrected chi connectivity index (χ3v) is 4.14. The molecule has 0 saturated carbocycles. The van der Waals surface area contributed by atoms with Crippen molar-refractivity contribution < 1.29 is 4.79 Å². The molecule has 2 aromatic rings. The lowest BCUT2D eigenvalue weighted by molar-refractivity contribution is 0.0953. The van der Waals surface area contributed by atoms with Crippen LogP contribution < -0.4 is 5.32 Å². The normalized spacial score (nSPS) is 10.4. The van der Waals surface area contributed by atoms with E-state index in [-0.39, 0.29) is 5.91 Å². The van der Waals surface area contributed by atoms with E-state index >= 15 is 0 Å². The van der Waals surface area contributed by atoms with Gasteiger partial charge < -0.3 is 9.88 Å². The van der Waals surface area contributed by atoms with Gasteiger partial charge in [0.25, 0.3) is 5.91 Å². The molecule has 0 bridgehead atoms. The van der Waals surface area contributed by atoms with Crippen molar-refractivity contribution in [3.8, 4) is 0 Å². The summed E-state index contributed by atoms with van der Waals surface area (Å²) < 4.78 is 2.84. The fraction of sp³-hybridized carbons (Fsp3) is 0.182. The molecule has 0 aromatic carbocycles. The Hall–Kier alpha value is -1.07. The number of halogens is 1. The highest BCUT2D eigenvalue weighted by Crippen LogP contribution is 2.22. The molecule has 2 aromatic heterocycles. The van der Waals surface area contributed by atoms with Crippen LogP contribution in [0.3, 0.4) is 0 Å². The number of hydrogen-bond acceptors (Lipinski definition) is 2. The van der Waals surface area contributed by atoms with Gasteiger partial charge in [-0.15, -0.1) is 11.3 Å². The van der Waals surface area contributed by atoms with Crippen molar-refractivity contribution in [3.05, 3.63) is 44.8 Å². The Balaban J connectivity index is 1.99. The first-order valence-electron chi connectivity index (χ1n) is 4.80. The number of nitrogens with one attached hydrogen (secondary N) is 1. The molecule has 0 aliphatic carbocycles. The predicted molar refractivity (Wildman–Crippen MR) is 68.6 cm³/mol. The molecule has 2 rings (SSSR count). The van der Waals surface area contributed by atoms with Gasteiger partial charge >= 0.3 is 0 Å². The molecule has 5 heteroatoms.